The number of ether oxygens (including phenoxy) is 2. The number of amides is 2. The van der Waals surface area contributed by atoms with Gasteiger partial charge in [0.05, 0.1) is 18.4 Å². The Morgan fingerprint density at radius 2 is 1.79 bits per heavy atom. The Kier molecular flexibility index (Phi) is 6.41. The highest BCUT2D eigenvalue weighted by Crippen LogP contribution is 2.20. The monoisotopic (exact) mass is 381 g/mol. The van der Waals surface area contributed by atoms with E-state index in [0.717, 1.165) is 5.75 Å². The number of hydrogen-bond acceptors (Lipinski definition) is 4. The summed E-state index contributed by atoms with van der Waals surface area (Å²) >= 11 is 0. The highest BCUT2D eigenvalue weighted by Gasteiger charge is 2.09. The molecule has 0 atom stereocenters. The number of halogens is 1. The molecular formula is C21H20FN3O3. The zero-order valence-corrected chi connectivity index (χ0v) is 15.3. The second kappa shape index (κ2) is 9.36. The largest absolute Gasteiger partial charge is 0.492 e. The topological polar surface area (TPSA) is 63.7 Å². The number of rotatable bonds is 7. The number of pyridine rings is 1. The van der Waals surface area contributed by atoms with E-state index >= 15 is 0 Å². The van der Waals surface area contributed by atoms with Crippen molar-refractivity contribution < 1.29 is 18.7 Å². The molecule has 0 fully saturated rings. The molecule has 1 N–H and O–H groups in total. The Morgan fingerprint density at radius 3 is 2.46 bits per heavy atom. The van der Waals surface area contributed by atoms with E-state index in [1.54, 1.807) is 19.2 Å². The molecular weight excluding hydrogens is 361 g/mol. The lowest BCUT2D eigenvalue weighted by Gasteiger charge is -2.18. The molecule has 0 spiro atoms. The van der Waals surface area contributed by atoms with Gasteiger partial charge in [0.15, 0.2) is 0 Å². The van der Waals surface area contributed by atoms with Crippen LogP contribution in [0.5, 0.6) is 17.4 Å². The molecule has 1 heterocycles. The van der Waals surface area contributed by atoms with Crippen LogP contribution in [0.25, 0.3) is 0 Å². The molecule has 144 valence electrons. The minimum atomic E-state index is -0.336. The fraction of sp³-hybridized carbons (Fsp3) is 0.143. The molecule has 0 saturated carbocycles. The van der Waals surface area contributed by atoms with Crippen molar-refractivity contribution in [3.63, 3.8) is 0 Å². The molecule has 0 aliphatic carbocycles. The Balaban J connectivity index is 1.46. The summed E-state index contributed by atoms with van der Waals surface area (Å²) in [6.07, 6.45) is 1.49. The summed E-state index contributed by atoms with van der Waals surface area (Å²) in [6.45, 7) is 0.816. The maximum atomic E-state index is 12.9. The Hall–Kier alpha value is -3.61. The number of carbonyl (C=O) groups is 1. The highest BCUT2D eigenvalue weighted by atomic mass is 19.1. The van der Waals surface area contributed by atoms with Crippen LogP contribution in [0.3, 0.4) is 0 Å². The fourth-order valence-corrected chi connectivity index (χ4v) is 2.28. The third kappa shape index (κ3) is 5.70. The van der Waals surface area contributed by atoms with Crippen molar-refractivity contribution in [2.75, 3.05) is 25.5 Å². The van der Waals surface area contributed by atoms with E-state index in [0.29, 0.717) is 30.5 Å². The molecule has 2 aromatic carbocycles. The summed E-state index contributed by atoms with van der Waals surface area (Å²) in [5.74, 6) is 1.24. The van der Waals surface area contributed by atoms with E-state index in [9.17, 15) is 9.18 Å². The van der Waals surface area contributed by atoms with Crippen molar-refractivity contribution in [2.45, 2.75) is 0 Å². The van der Waals surface area contributed by atoms with Crippen LogP contribution in [0, 0.1) is 5.82 Å². The molecule has 0 unspecified atom stereocenters. The first-order chi connectivity index (χ1) is 13.6. The minimum Gasteiger partial charge on any atom is -0.492 e. The summed E-state index contributed by atoms with van der Waals surface area (Å²) in [6, 6.07) is 18.1. The van der Waals surface area contributed by atoms with Gasteiger partial charge in [-0.15, -0.1) is 0 Å². The Labute approximate surface area is 162 Å². The molecule has 3 rings (SSSR count). The van der Waals surface area contributed by atoms with Gasteiger partial charge >= 0.3 is 6.03 Å². The minimum absolute atomic E-state index is 0.273. The lowest BCUT2D eigenvalue weighted by Crippen LogP contribution is -2.34. The number of benzene rings is 2. The maximum absolute atomic E-state index is 12.9. The molecule has 0 saturated heterocycles. The van der Waals surface area contributed by atoms with Gasteiger partial charge < -0.3 is 19.7 Å². The molecule has 1 aromatic heterocycles. The molecule has 0 aliphatic rings. The molecule has 0 aliphatic heterocycles. The Morgan fingerprint density at radius 1 is 1.04 bits per heavy atom. The van der Waals surface area contributed by atoms with E-state index in [1.165, 1.54) is 35.4 Å². The lowest BCUT2D eigenvalue weighted by molar-refractivity contribution is 0.207. The second-order valence-corrected chi connectivity index (χ2v) is 5.95. The maximum Gasteiger partial charge on any atom is 0.321 e. The van der Waals surface area contributed by atoms with Crippen molar-refractivity contribution in [3.8, 4) is 17.4 Å². The summed E-state index contributed by atoms with van der Waals surface area (Å²) in [4.78, 5) is 17.9. The predicted octanol–water partition coefficient (Wildman–Crippen LogP) is 4.56. The van der Waals surface area contributed by atoms with Gasteiger partial charge in [-0.2, -0.15) is 0 Å². The summed E-state index contributed by atoms with van der Waals surface area (Å²) in [5.41, 5.74) is 0.535. The summed E-state index contributed by atoms with van der Waals surface area (Å²) < 4.78 is 24.0. The average molecular weight is 381 g/mol. The van der Waals surface area contributed by atoms with E-state index in [-0.39, 0.29) is 11.8 Å². The smallest absolute Gasteiger partial charge is 0.321 e. The first kappa shape index (κ1) is 19.2. The van der Waals surface area contributed by atoms with Crippen LogP contribution >= 0.6 is 0 Å². The van der Waals surface area contributed by atoms with Crippen LogP contribution in [0.2, 0.25) is 0 Å². The van der Waals surface area contributed by atoms with Gasteiger partial charge in [-0.25, -0.2) is 14.2 Å². The van der Waals surface area contributed by atoms with Gasteiger partial charge in [0.1, 0.15) is 23.9 Å². The van der Waals surface area contributed by atoms with E-state index in [4.69, 9.17) is 9.47 Å². The number of nitrogens with one attached hydrogen (secondary N) is 1. The quantitative estimate of drug-likeness (QED) is 0.652. The van der Waals surface area contributed by atoms with E-state index in [1.807, 2.05) is 30.3 Å². The van der Waals surface area contributed by atoms with Crippen molar-refractivity contribution in [1.82, 2.24) is 9.88 Å². The molecule has 3 aromatic rings. The highest BCUT2D eigenvalue weighted by molar-refractivity contribution is 5.88. The summed E-state index contributed by atoms with van der Waals surface area (Å²) in [7, 11) is 1.68. The molecule has 28 heavy (non-hydrogen) atoms. The van der Waals surface area contributed by atoms with Crippen molar-refractivity contribution in [3.05, 3.63) is 78.7 Å². The number of urea groups is 1. The van der Waals surface area contributed by atoms with E-state index in [2.05, 4.69) is 10.3 Å². The number of likely N-dealkylation sites (N-methyl/N-ethyl adjacent to an activating group) is 1. The standard InChI is InChI=1S/C21H20FN3O3/c1-25(13-14-27-18-5-3-2-4-6-18)21(26)24-17-9-12-20(23-15-17)28-19-10-7-16(22)8-11-19/h2-12,15H,13-14H2,1H3,(H,24,26). The van der Waals surface area contributed by atoms with Gasteiger partial charge in [-0.05, 0) is 42.5 Å². The van der Waals surface area contributed by atoms with Crippen LogP contribution in [-0.2, 0) is 0 Å². The number of anilines is 1. The number of hydrogen-bond donors (Lipinski definition) is 1. The first-order valence-electron chi connectivity index (χ1n) is 8.69. The van der Waals surface area contributed by atoms with Crippen LogP contribution in [-0.4, -0.2) is 36.1 Å². The van der Waals surface area contributed by atoms with Crippen molar-refractivity contribution in [2.24, 2.45) is 0 Å². The van der Waals surface area contributed by atoms with Crippen molar-refractivity contribution >= 4 is 11.7 Å². The molecule has 0 bridgehead atoms. The number of carbonyl (C=O) groups excluding carboxylic acids is 1. The number of aromatic nitrogens is 1. The first-order valence-corrected chi connectivity index (χ1v) is 8.69. The Bertz CT molecular complexity index is 887. The van der Waals surface area contributed by atoms with Crippen LogP contribution in [0.15, 0.2) is 72.9 Å². The molecule has 7 heteroatoms. The van der Waals surface area contributed by atoms with Crippen LogP contribution in [0.4, 0.5) is 14.9 Å². The molecule has 6 nitrogen and oxygen atoms in total. The predicted molar refractivity (Wildman–Crippen MR) is 104 cm³/mol. The lowest BCUT2D eigenvalue weighted by atomic mass is 10.3. The number of para-hydroxylation sites is 1. The van der Waals surface area contributed by atoms with Crippen LogP contribution < -0.4 is 14.8 Å². The average Bonchev–Trinajstić information content (AvgIpc) is 2.72. The van der Waals surface area contributed by atoms with Crippen LogP contribution in [0.1, 0.15) is 0 Å². The molecule has 0 radical (unpaired) electrons. The summed E-state index contributed by atoms with van der Waals surface area (Å²) in [5, 5.41) is 2.75. The van der Waals surface area contributed by atoms with Gasteiger partial charge in [0.25, 0.3) is 0 Å². The van der Waals surface area contributed by atoms with E-state index < -0.39 is 0 Å². The zero-order valence-electron chi connectivity index (χ0n) is 15.3. The third-order valence-electron chi connectivity index (χ3n) is 3.81. The second-order valence-electron chi connectivity index (χ2n) is 5.95. The third-order valence-corrected chi connectivity index (χ3v) is 3.81. The SMILES string of the molecule is CN(CCOc1ccccc1)C(=O)Nc1ccc(Oc2ccc(F)cc2)nc1. The van der Waals surface area contributed by atoms with Gasteiger partial charge in [-0.3, -0.25) is 0 Å². The van der Waals surface area contributed by atoms with Gasteiger partial charge in [0, 0.05) is 13.1 Å². The van der Waals surface area contributed by atoms with Gasteiger partial charge in [0.2, 0.25) is 5.88 Å². The number of nitrogens with zero attached hydrogens (tertiary/aromatic N) is 2. The van der Waals surface area contributed by atoms with Crippen molar-refractivity contribution in [1.29, 1.82) is 0 Å². The normalized spacial score (nSPS) is 10.2. The molecule has 2 amide bonds. The fourth-order valence-electron chi connectivity index (χ4n) is 2.28. The van der Waals surface area contributed by atoms with Gasteiger partial charge in [-0.1, -0.05) is 18.2 Å². The zero-order chi connectivity index (χ0) is 19.8.